The van der Waals surface area contributed by atoms with Crippen molar-refractivity contribution >= 4 is 43.5 Å². The van der Waals surface area contributed by atoms with Crippen LogP contribution in [0.2, 0.25) is 0 Å². The summed E-state index contributed by atoms with van der Waals surface area (Å²) in [6.07, 6.45) is 3.51. The highest BCUT2D eigenvalue weighted by Gasteiger charge is 2.30. The number of ether oxygens (including phenoxy) is 1. The molecule has 3 N–H and O–H groups in total. The summed E-state index contributed by atoms with van der Waals surface area (Å²) in [5, 5.41) is -0.342. The lowest BCUT2D eigenvalue weighted by molar-refractivity contribution is 0.0981. The number of rotatable bonds is 7. The molecule has 0 aliphatic carbocycles. The van der Waals surface area contributed by atoms with Crippen LogP contribution in [0.25, 0.3) is 11.3 Å². The van der Waals surface area contributed by atoms with E-state index >= 15 is 0 Å². The lowest BCUT2D eigenvalue weighted by Crippen LogP contribution is -2.35. The molecule has 1 aliphatic heterocycles. The zero-order valence-corrected chi connectivity index (χ0v) is 22.5. The Morgan fingerprint density at radius 3 is 2.64 bits per heavy atom. The molecule has 1 fully saturated rings. The fourth-order valence-electron chi connectivity index (χ4n) is 3.96. The minimum absolute atomic E-state index is 0.00642. The van der Waals surface area contributed by atoms with Crippen molar-refractivity contribution in [3.05, 3.63) is 52.6 Å². The van der Waals surface area contributed by atoms with E-state index in [9.17, 15) is 13.2 Å². The van der Waals surface area contributed by atoms with Gasteiger partial charge < -0.3 is 15.4 Å². The molecule has 1 amide bonds. The van der Waals surface area contributed by atoms with Crippen LogP contribution in [0.5, 0.6) is 5.88 Å². The number of sulfonamides is 1. The van der Waals surface area contributed by atoms with E-state index < -0.39 is 15.9 Å². The lowest BCUT2D eigenvalue weighted by Gasteiger charge is -2.26. The molecule has 3 aromatic heterocycles. The first-order chi connectivity index (χ1) is 17.0. The van der Waals surface area contributed by atoms with E-state index in [0.717, 1.165) is 18.4 Å². The average molecular weight is 575 g/mol. The van der Waals surface area contributed by atoms with Crippen molar-refractivity contribution in [1.29, 1.82) is 0 Å². The first kappa shape index (κ1) is 25.8. The molecule has 0 aromatic carbocycles. The number of hydrogen-bond donors (Lipinski definition) is 2. The minimum atomic E-state index is -4.25. The van der Waals surface area contributed by atoms with Gasteiger partial charge in [-0.3, -0.25) is 4.79 Å². The fraction of sp³-hybridized carbons (Fsp3) is 0.333. The summed E-state index contributed by atoms with van der Waals surface area (Å²) in [6, 6.07) is 9.50. The number of hydrogen-bond acceptors (Lipinski definition) is 9. The standard InChI is InChI=1S/C24H27BrN6O4S/c1-14(2)35-20-10-9-16(13-27-20)22-18(25)12-17(23(29-22)31-11-5-6-15(31)3)24(32)30-36(33,34)21-8-4-7-19(26)28-21/h4,7-10,12-15H,5-6,11H2,1-3H3,(H2,26,28)(H,30,32)/t15-/m0/s1. The Bertz CT molecular complexity index is 1380. The molecule has 4 rings (SSSR count). The predicted molar refractivity (Wildman–Crippen MR) is 140 cm³/mol. The van der Waals surface area contributed by atoms with Crippen LogP contribution in [0, 0.1) is 0 Å². The van der Waals surface area contributed by atoms with Crippen molar-refractivity contribution in [1.82, 2.24) is 19.7 Å². The fourth-order valence-corrected chi connectivity index (χ4v) is 5.45. The third kappa shape index (κ3) is 5.59. The van der Waals surface area contributed by atoms with Gasteiger partial charge >= 0.3 is 0 Å². The normalized spacial score (nSPS) is 15.8. The van der Waals surface area contributed by atoms with E-state index in [1.54, 1.807) is 18.3 Å². The molecule has 190 valence electrons. The number of carbonyl (C=O) groups excluding carboxylic acids is 1. The molecule has 4 heterocycles. The van der Waals surface area contributed by atoms with Gasteiger partial charge in [-0.05, 0) is 73.8 Å². The number of aromatic nitrogens is 3. The predicted octanol–water partition coefficient (Wildman–Crippen LogP) is 3.78. The minimum Gasteiger partial charge on any atom is -0.475 e. The van der Waals surface area contributed by atoms with Crippen LogP contribution < -0.4 is 20.1 Å². The Morgan fingerprint density at radius 1 is 1.25 bits per heavy atom. The van der Waals surface area contributed by atoms with E-state index in [2.05, 4.69) is 30.6 Å². The maximum atomic E-state index is 13.3. The van der Waals surface area contributed by atoms with Gasteiger partial charge in [0, 0.05) is 34.9 Å². The van der Waals surface area contributed by atoms with Crippen molar-refractivity contribution in [3.8, 4) is 17.1 Å². The van der Waals surface area contributed by atoms with Crippen LogP contribution in [0.15, 0.2) is 52.1 Å². The van der Waals surface area contributed by atoms with Crippen molar-refractivity contribution in [2.24, 2.45) is 0 Å². The van der Waals surface area contributed by atoms with E-state index in [-0.39, 0.29) is 28.6 Å². The first-order valence-electron chi connectivity index (χ1n) is 11.4. The molecule has 3 aromatic rings. The van der Waals surface area contributed by atoms with Crippen LogP contribution in [-0.2, 0) is 10.0 Å². The van der Waals surface area contributed by atoms with E-state index in [1.807, 2.05) is 31.7 Å². The Kier molecular flexibility index (Phi) is 7.46. The Morgan fingerprint density at radius 2 is 2.03 bits per heavy atom. The number of carbonyl (C=O) groups is 1. The topological polar surface area (TPSA) is 140 Å². The number of pyridine rings is 3. The second-order valence-corrected chi connectivity index (χ2v) is 11.2. The number of nitrogens with zero attached hydrogens (tertiary/aromatic N) is 4. The SMILES string of the molecule is CC(C)Oc1ccc(-c2nc(N3CCC[C@@H]3C)c(C(=O)NS(=O)(=O)c3cccc(N)n3)cc2Br)cn1. The van der Waals surface area contributed by atoms with Gasteiger partial charge in [0.15, 0.2) is 5.03 Å². The van der Waals surface area contributed by atoms with Gasteiger partial charge in [-0.1, -0.05) is 6.07 Å². The third-order valence-corrected chi connectivity index (χ3v) is 7.48. The second kappa shape index (κ2) is 10.4. The number of amides is 1. The smallest absolute Gasteiger partial charge is 0.281 e. The number of nitrogen functional groups attached to an aromatic ring is 1. The number of anilines is 2. The van der Waals surface area contributed by atoms with Crippen molar-refractivity contribution in [2.45, 2.75) is 50.8 Å². The molecular weight excluding hydrogens is 548 g/mol. The van der Waals surface area contributed by atoms with Gasteiger partial charge in [-0.15, -0.1) is 0 Å². The van der Waals surface area contributed by atoms with Crippen LogP contribution in [0.1, 0.15) is 44.0 Å². The van der Waals surface area contributed by atoms with Crippen LogP contribution in [0.4, 0.5) is 11.6 Å². The van der Waals surface area contributed by atoms with Gasteiger partial charge in [0.05, 0.1) is 17.4 Å². The largest absolute Gasteiger partial charge is 0.475 e. The van der Waals surface area contributed by atoms with Crippen LogP contribution in [0.3, 0.4) is 0 Å². The van der Waals surface area contributed by atoms with Crippen molar-refractivity contribution in [3.63, 3.8) is 0 Å². The van der Waals surface area contributed by atoms with Crippen molar-refractivity contribution < 1.29 is 17.9 Å². The summed E-state index contributed by atoms with van der Waals surface area (Å²) in [5.74, 6) is 0.111. The van der Waals surface area contributed by atoms with E-state index in [0.29, 0.717) is 28.4 Å². The molecule has 1 atom stereocenters. The second-order valence-electron chi connectivity index (χ2n) is 8.76. The number of halogens is 1. The van der Waals surface area contributed by atoms with E-state index in [4.69, 9.17) is 15.5 Å². The quantitative estimate of drug-likeness (QED) is 0.431. The Hall–Kier alpha value is -3.25. The maximum Gasteiger partial charge on any atom is 0.281 e. The highest BCUT2D eigenvalue weighted by molar-refractivity contribution is 9.10. The van der Waals surface area contributed by atoms with Crippen LogP contribution >= 0.6 is 15.9 Å². The zero-order chi connectivity index (χ0) is 26.0. The van der Waals surface area contributed by atoms with Gasteiger partial charge in [0.2, 0.25) is 5.88 Å². The van der Waals surface area contributed by atoms with Gasteiger partial charge in [-0.2, -0.15) is 8.42 Å². The summed E-state index contributed by atoms with van der Waals surface area (Å²) in [5.41, 5.74) is 7.04. The van der Waals surface area contributed by atoms with Crippen molar-refractivity contribution in [2.75, 3.05) is 17.2 Å². The summed E-state index contributed by atoms with van der Waals surface area (Å²) in [4.78, 5) is 28.3. The Balaban J connectivity index is 1.73. The average Bonchev–Trinajstić information content (AvgIpc) is 3.24. The summed E-state index contributed by atoms with van der Waals surface area (Å²) >= 11 is 3.50. The third-order valence-electron chi connectivity index (χ3n) is 5.64. The molecule has 0 bridgehead atoms. The monoisotopic (exact) mass is 574 g/mol. The van der Waals surface area contributed by atoms with Gasteiger partial charge in [0.1, 0.15) is 11.6 Å². The molecule has 1 aliphatic rings. The van der Waals surface area contributed by atoms with Gasteiger partial charge in [-0.25, -0.2) is 19.7 Å². The van der Waals surface area contributed by atoms with Crippen LogP contribution in [-0.4, -0.2) is 48.0 Å². The molecule has 1 saturated heterocycles. The molecule has 10 nitrogen and oxygen atoms in total. The lowest BCUT2D eigenvalue weighted by atomic mass is 10.1. The summed E-state index contributed by atoms with van der Waals surface area (Å²) in [6.45, 7) is 6.58. The summed E-state index contributed by atoms with van der Waals surface area (Å²) in [7, 11) is -4.25. The summed E-state index contributed by atoms with van der Waals surface area (Å²) < 4.78 is 33.9. The zero-order valence-electron chi connectivity index (χ0n) is 20.1. The highest BCUT2D eigenvalue weighted by atomic mass is 79.9. The molecule has 36 heavy (non-hydrogen) atoms. The molecule has 12 heteroatoms. The van der Waals surface area contributed by atoms with E-state index in [1.165, 1.54) is 18.2 Å². The molecule has 0 saturated carbocycles. The molecule has 0 unspecified atom stereocenters. The number of nitrogens with two attached hydrogens (primary N) is 1. The molecular formula is C24H27BrN6O4S. The first-order valence-corrected chi connectivity index (χ1v) is 13.7. The Labute approximate surface area is 218 Å². The maximum absolute atomic E-state index is 13.3. The molecule has 0 radical (unpaired) electrons. The van der Waals surface area contributed by atoms with Gasteiger partial charge in [0.25, 0.3) is 15.9 Å². The molecule has 0 spiro atoms. The highest BCUT2D eigenvalue weighted by Crippen LogP contribution is 2.35. The number of nitrogens with one attached hydrogen (secondary N) is 1.